The summed E-state index contributed by atoms with van der Waals surface area (Å²) < 4.78 is 28.2. The third kappa shape index (κ3) is 3.92. The summed E-state index contributed by atoms with van der Waals surface area (Å²) in [6, 6.07) is 7.91. The van der Waals surface area contributed by atoms with Crippen LogP contribution in [0.2, 0.25) is 0 Å². The van der Waals surface area contributed by atoms with E-state index in [0.29, 0.717) is 12.1 Å². The van der Waals surface area contributed by atoms with Crippen LogP contribution in [0.4, 0.5) is 14.5 Å². The van der Waals surface area contributed by atoms with E-state index in [0.717, 1.165) is 10.6 Å². The third-order valence-electron chi connectivity index (χ3n) is 2.48. The second-order valence-corrected chi connectivity index (χ2v) is 4.92. The lowest BCUT2D eigenvalue weighted by Gasteiger charge is -2.07. The van der Waals surface area contributed by atoms with Gasteiger partial charge in [0.15, 0.2) is 0 Å². The maximum atomic E-state index is 12.0. The molecule has 0 radical (unpaired) electrons. The van der Waals surface area contributed by atoms with Crippen LogP contribution >= 0.6 is 11.3 Å². The number of nitrogens with one attached hydrogen (secondary N) is 1. The Balaban J connectivity index is 1.91. The van der Waals surface area contributed by atoms with Crippen LogP contribution in [0.3, 0.4) is 0 Å². The average Bonchev–Trinajstić information content (AvgIpc) is 2.86. The predicted octanol–water partition coefficient (Wildman–Crippen LogP) is 3.06. The molecule has 0 unspecified atom stereocenters. The summed E-state index contributed by atoms with van der Waals surface area (Å²) in [6.07, 6.45) is 0. The number of carbonyl (C=O) groups excluding carboxylic acids is 1. The molecule has 0 spiro atoms. The first-order valence-electron chi connectivity index (χ1n) is 5.70. The number of anilines is 1. The van der Waals surface area contributed by atoms with Crippen molar-refractivity contribution in [1.29, 1.82) is 0 Å². The number of thiophene rings is 1. The summed E-state index contributed by atoms with van der Waals surface area (Å²) >= 11 is 1.42. The zero-order chi connectivity index (χ0) is 14.5. The molecule has 0 fully saturated rings. The maximum absolute atomic E-state index is 12.0. The number of ether oxygens (including phenoxy) is 1. The van der Waals surface area contributed by atoms with Gasteiger partial charge in [0.2, 0.25) is 5.91 Å². The summed E-state index contributed by atoms with van der Waals surface area (Å²) in [7, 11) is 0. The molecule has 0 aliphatic rings. The molecule has 1 aromatic carbocycles. The van der Waals surface area contributed by atoms with E-state index in [4.69, 9.17) is 5.73 Å². The lowest BCUT2D eigenvalue weighted by Crippen LogP contribution is -2.09. The van der Waals surface area contributed by atoms with E-state index < -0.39 is 12.5 Å². The molecule has 0 bridgehead atoms. The molecule has 3 N–H and O–H groups in total. The molecule has 0 atom stereocenters. The predicted molar refractivity (Wildman–Crippen MR) is 73.2 cm³/mol. The van der Waals surface area contributed by atoms with Crippen LogP contribution in [-0.2, 0) is 6.54 Å². The number of hydrogen-bond donors (Lipinski definition) is 2. The summed E-state index contributed by atoms with van der Waals surface area (Å²) in [4.78, 5) is 11.9. The highest BCUT2D eigenvalue weighted by Gasteiger charge is 2.05. The average molecular weight is 298 g/mol. The van der Waals surface area contributed by atoms with Crippen molar-refractivity contribution in [2.45, 2.75) is 13.2 Å². The molecule has 0 aliphatic carbocycles. The van der Waals surface area contributed by atoms with Crippen LogP contribution in [0.1, 0.15) is 15.2 Å². The van der Waals surface area contributed by atoms with Gasteiger partial charge in [-0.1, -0.05) is 0 Å². The highest BCUT2D eigenvalue weighted by atomic mass is 32.1. The van der Waals surface area contributed by atoms with E-state index >= 15 is 0 Å². The number of rotatable bonds is 6. The van der Waals surface area contributed by atoms with Gasteiger partial charge in [-0.3, -0.25) is 4.79 Å². The zero-order valence-corrected chi connectivity index (χ0v) is 11.1. The summed E-state index contributed by atoms with van der Waals surface area (Å²) in [5.74, 6) is -0.348. The van der Waals surface area contributed by atoms with E-state index in [1.165, 1.54) is 23.5 Å². The van der Waals surface area contributed by atoms with Gasteiger partial charge in [0.1, 0.15) is 5.75 Å². The fraction of sp³-hybridized carbons (Fsp3) is 0.154. The number of carbonyl (C=O) groups is 1. The van der Waals surface area contributed by atoms with Gasteiger partial charge in [0.25, 0.3) is 0 Å². The van der Waals surface area contributed by atoms with Gasteiger partial charge in [-0.05, 0) is 30.3 Å². The number of primary amides is 1. The Morgan fingerprint density at radius 1 is 1.35 bits per heavy atom. The van der Waals surface area contributed by atoms with E-state index in [9.17, 15) is 13.6 Å². The molecule has 2 rings (SSSR count). The number of amides is 1. The molecule has 20 heavy (non-hydrogen) atoms. The van der Waals surface area contributed by atoms with Crippen molar-refractivity contribution in [3.05, 3.63) is 46.2 Å². The lowest BCUT2D eigenvalue weighted by atomic mass is 10.3. The van der Waals surface area contributed by atoms with Crippen molar-refractivity contribution in [3.63, 3.8) is 0 Å². The molecular weight excluding hydrogens is 286 g/mol. The van der Waals surface area contributed by atoms with Gasteiger partial charge in [-0.2, -0.15) is 8.78 Å². The van der Waals surface area contributed by atoms with E-state index in [1.54, 1.807) is 23.6 Å². The number of benzene rings is 1. The Kier molecular flexibility index (Phi) is 4.52. The highest BCUT2D eigenvalue weighted by molar-refractivity contribution is 7.10. The van der Waals surface area contributed by atoms with Gasteiger partial charge >= 0.3 is 6.61 Å². The minimum atomic E-state index is -2.83. The number of halogens is 2. The first-order chi connectivity index (χ1) is 9.54. The first-order valence-corrected chi connectivity index (χ1v) is 6.58. The second kappa shape index (κ2) is 6.33. The Hall–Kier alpha value is -2.15. The van der Waals surface area contributed by atoms with E-state index in [2.05, 4.69) is 10.1 Å². The largest absolute Gasteiger partial charge is 0.435 e. The van der Waals surface area contributed by atoms with Crippen molar-refractivity contribution >= 4 is 22.9 Å². The van der Waals surface area contributed by atoms with Gasteiger partial charge in [0, 0.05) is 22.5 Å². The van der Waals surface area contributed by atoms with Crippen LogP contribution in [0, 0.1) is 0 Å². The molecule has 1 aromatic heterocycles. The molecule has 4 nitrogen and oxygen atoms in total. The van der Waals surface area contributed by atoms with E-state index in [-0.39, 0.29) is 5.75 Å². The Morgan fingerprint density at radius 2 is 2.05 bits per heavy atom. The lowest BCUT2D eigenvalue weighted by molar-refractivity contribution is -0.0498. The van der Waals surface area contributed by atoms with Crippen LogP contribution < -0.4 is 15.8 Å². The molecule has 1 heterocycles. The number of nitrogens with two attached hydrogens (primary N) is 1. The fourth-order valence-electron chi connectivity index (χ4n) is 1.55. The van der Waals surface area contributed by atoms with E-state index in [1.807, 2.05) is 0 Å². The highest BCUT2D eigenvalue weighted by Crippen LogP contribution is 2.20. The van der Waals surface area contributed by atoms with Gasteiger partial charge in [-0.25, -0.2) is 0 Å². The van der Waals surface area contributed by atoms with Gasteiger partial charge in [0.05, 0.1) is 5.56 Å². The topological polar surface area (TPSA) is 64.4 Å². The quantitative estimate of drug-likeness (QED) is 0.861. The zero-order valence-electron chi connectivity index (χ0n) is 10.3. The van der Waals surface area contributed by atoms with Crippen molar-refractivity contribution < 1.29 is 18.3 Å². The molecule has 2 aromatic rings. The van der Waals surface area contributed by atoms with Gasteiger partial charge in [-0.15, -0.1) is 11.3 Å². The van der Waals surface area contributed by atoms with Crippen LogP contribution in [0.5, 0.6) is 5.75 Å². The monoisotopic (exact) mass is 298 g/mol. The second-order valence-electron chi connectivity index (χ2n) is 3.92. The summed E-state index contributed by atoms with van der Waals surface area (Å²) in [5.41, 5.74) is 6.41. The minimum absolute atomic E-state index is 0.109. The third-order valence-corrected chi connectivity index (χ3v) is 3.42. The molecule has 1 amide bonds. The van der Waals surface area contributed by atoms with Crippen LogP contribution in [0.25, 0.3) is 0 Å². The van der Waals surface area contributed by atoms with Gasteiger partial charge < -0.3 is 15.8 Å². The Morgan fingerprint density at radius 3 is 2.60 bits per heavy atom. The molecule has 0 saturated heterocycles. The Bertz CT molecular complexity index is 584. The standard InChI is InChI=1S/C13H12F2N2O2S/c14-13(15)19-10-3-1-9(2-4-10)17-6-11-5-8(7-20-11)12(16)18/h1-5,7,13,17H,6H2,(H2,16,18). The maximum Gasteiger partial charge on any atom is 0.387 e. The van der Waals surface area contributed by atoms with Crippen molar-refractivity contribution in [1.82, 2.24) is 0 Å². The molecule has 7 heteroatoms. The Labute approximate surface area is 118 Å². The minimum Gasteiger partial charge on any atom is -0.435 e. The summed E-state index contributed by atoms with van der Waals surface area (Å²) in [6.45, 7) is -2.31. The number of alkyl halides is 2. The molecule has 106 valence electrons. The number of hydrogen-bond acceptors (Lipinski definition) is 4. The van der Waals surface area contributed by atoms with Crippen molar-refractivity contribution in [2.24, 2.45) is 5.73 Å². The molecule has 0 saturated carbocycles. The SMILES string of the molecule is NC(=O)c1csc(CNc2ccc(OC(F)F)cc2)c1. The molecule has 0 aliphatic heterocycles. The fourth-order valence-corrected chi connectivity index (χ4v) is 2.36. The van der Waals surface area contributed by atoms with Crippen molar-refractivity contribution in [2.75, 3.05) is 5.32 Å². The van der Waals surface area contributed by atoms with Crippen molar-refractivity contribution in [3.8, 4) is 5.75 Å². The molecular formula is C13H12F2N2O2S. The first kappa shape index (κ1) is 14.3. The smallest absolute Gasteiger partial charge is 0.387 e. The van der Waals surface area contributed by atoms with Crippen LogP contribution in [-0.4, -0.2) is 12.5 Å². The normalized spacial score (nSPS) is 10.6. The summed E-state index contributed by atoms with van der Waals surface area (Å²) in [5, 5.41) is 4.80. The van der Waals surface area contributed by atoms with Crippen LogP contribution in [0.15, 0.2) is 35.7 Å².